The highest BCUT2D eigenvalue weighted by Crippen LogP contribution is 2.36. The summed E-state index contributed by atoms with van der Waals surface area (Å²) in [4.78, 5) is 0. The fourth-order valence-corrected chi connectivity index (χ4v) is 2.46. The SMILES string of the molecule is COc1cccc(OC)c1OC[C@@H](O)C[NH2+][C@H](C)c1ccccc1. The van der Waals surface area contributed by atoms with E-state index in [4.69, 9.17) is 14.2 Å². The van der Waals surface area contributed by atoms with Crippen LogP contribution in [0.3, 0.4) is 0 Å². The number of benzene rings is 2. The molecule has 0 aliphatic rings. The van der Waals surface area contributed by atoms with Crippen LogP contribution in [0.2, 0.25) is 0 Å². The van der Waals surface area contributed by atoms with E-state index in [0.717, 1.165) is 0 Å². The van der Waals surface area contributed by atoms with Crippen LogP contribution in [0.25, 0.3) is 0 Å². The molecule has 0 radical (unpaired) electrons. The Balaban J connectivity index is 1.86. The molecule has 0 aliphatic heterocycles. The number of aliphatic hydroxyl groups excluding tert-OH is 1. The van der Waals surface area contributed by atoms with E-state index in [1.807, 2.05) is 24.3 Å². The maximum atomic E-state index is 10.2. The van der Waals surface area contributed by atoms with Crippen molar-refractivity contribution in [2.24, 2.45) is 0 Å². The lowest BCUT2D eigenvalue weighted by atomic mass is 10.1. The largest absolute Gasteiger partial charge is 0.493 e. The van der Waals surface area contributed by atoms with Gasteiger partial charge in [0, 0.05) is 5.56 Å². The molecule has 0 fully saturated rings. The van der Waals surface area contributed by atoms with E-state index in [9.17, 15) is 5.11 Å². The molecule has 0 spiro atoms. The number of hydrogen-bond acceptors (Lipinski definition) is 4. The minimum absolute atomic E-state index is 0.175. The molecule has 2 atom stereocenters. The van der Waals surface area contributed by atoms with E-state index >= 15 is 0 Å². The summed E-state index contributed by atoms with van der Waals surface area (Å²) < 4.78 is 16.3. The lowest BCUT2D eigenvalue weighted by Crippen LogP contribution is -2.87. The summed E-state index contributed by atoms with van der Waals surface area (Å²) in [6.45, 7) is 2.84. The van der Waals surface area contributed by atoms with Crippen molar-refractivity contribution >= 4 is 0 Å². The van der Waals surface area contributed by atoms with Crippen LogP contribution in [0.1, 0.15) is 18.5 Å². The van der Waals surface area contributed by atoms with Crippen molar-refractivity contribution in [1.29, 1.82) is 0 Å². The fourth-order valence-electron chi connectivity index (χ4n) is 2.46. The van der Waals surface area contributed by atoms with Crippen molar-refractivity contribution in [3.63, 3.8) is 0 Å². The first-order valence-electron chi connectivity index (χ1n) is 8.05. The molecule has 0 amide bonds. The van der Waals surface area contributed by atoms with Gasteiger partial charge in [-0.05, 0) is 19.1 Å². The van der Waals surface area contributed by atoms with Crippen molar-refractivity contribution in [3.8, 4) is 17.2 Å². The summed E-state index contributed by atoms with van der Waals surface area (Å²) in [5.74, 6) is 1.68. The molecule has 0 saturated carbocycles. The molecule has 5 nitrogen and oxygen atoms in total. The predicted molar refractivity (Wildman–Crippen MR) is 92.7 cm³/mol. The molecule has 0 aliphatic carbocycles. The van der Waals surface area contributed by atoms with E-state index in [1.54, 1.807) is 26.4 Å². The minimum atomic E-state index is -0.592. The molecular formula is C19H26NO4+. The van der Waals surface area contributed by atoms with Crippen molar-refractivity contribution in [3.05, 3.63) is 54.1 Å². The zero-order valence-corrected chi connectivity index (χ0v) is 14.4. The fraction of sp³-hybridized carbons (Fsp3) is 0.368. The summed E-state index contributed by atoms with van der Waals surface area (Å²) in [6, 6.07) is 15.9. The van der Waals surface area contributed by atoms with Gasteiger partial charge in [0.1, 0.15) is 25.3 Å². The number of para-hydroxylation sites is 1. The Morgan fingerprint density at radius 1 is 0.958 bits per heavy atom. The molecule has 0 saturated heterocycles. The minimum Gasteiger partial charge on any atom is -0.493 e. The van der Waals surface area contributed by atoms with Gasteiger partial charge in [-0.1, -0.05) is 36.4 Å². The van der Waals surface area contributed by atoms with Crippen LogP contribution in [-0.2, 0) is 0 Å². The van der Waals surface area contributed by atoms with Crippen LogP contribution in [0.5, 0.6) is 17.2 Å². The van der Waals surface area contributed by atoms with Crippen LogP contribution >= 0.6 is 0 Å². The van der Waals surface area contributed by atoms with Crippen LogP contribution in [0, 0.1) is 0 Å². The van der Waals surface area contributed by atoms with Gasteiger partial charge in [0.05, 0.1) is 14.2 Å². The Labute approximate surface area is 143 Å². The van der Waals surface area contributed by atoms with Gasteiger partial charge in [0.25, 0.3) is 0 Å². The maximum Gasteiger partial charge on any atom is 0.203 e. The van der Waals surface area contributed by atoms with Gasteiger partial charge in [-0.25, -0.2) is 0 Å². The van der Waals surface area contributed by atoms with Crippen LogP contribution < -0.4 is 19.5 Å². The van der Waals surface area contributed by atoms with Crippen molar-refractivity contribution in [2.45, 2.75) is 19.1 Å². The molecule has 0 heterocycles. The number of hydrogen-bond donors (Lipinski definition) is 2. The lowest BCUT2D eigenvalue weighted by Gasteiger charge is -2.17. The van der Waals surface area contributed by atoms with Crippen LogP contribution in [0.15, 0.2) is 48.5 Å². The highest BCUT2D eigenvalue weighted by molar-refractivity contribution is 5.51. The maximum absolute atomic E-state index is 10.2. The number of quaternary nitrogens is 1. The third kappa shape index (κ3) is 4.88. The molecule has 2 rings (SSSR count). The first kappa shape index (κ1) is 18.1. The molecule has 2 aromatic rings. The Kier molecular flexibility index (Phi) is 6.90. The summed E-state index contributed by atoms with van der Waals surface area (Å²) in [5.41, 5.74) is 1.23. The predicted octanol–water partition coefficient (Wildman–Crippen LogP) is 1.77. The second kappa shape index (κ2) is 9.15. The Morgan fingerprint density at radius 3 is 2.17 bits per heavy atom. The van der Waals surface area contributed by atoms with Gasteiger partial charge in [-0.2, -0.15) is 0 Å². The number of rotatable bonds is 9. The van der Waals surface area contributed by atoms with E-state index in [2.05, 4.69) is 24.4 Å². The monoisotopic (exact) mass is 332 g/mol. The Hall–Kier alpha value is -2.24. The number of nitrogens with two attached hydrogens (primary N) is 1. The highest BCUT2D eigenvalue weighted by Gasteiger charge is 2.16. The normalized spacial score (nSPS) is 13.2. The van der Waals surface area contributed by atoms with E-state index in [0.29, 0.717) is 23.8 Å². The third-order valence-electron chi connectivity index (χ3n) is 3.89. The van der Waals surface area contributed by atoms with Gasteiger partial charge in [0.15, 0.2) is 11.5 Å². The first-order chi connectivity index (χ1) is 11.7. The zero-order valence-electron chi connectivity index (χ0n) is 14.4. The molecule has 2 aromatic carbocycles. The standard InChI is InChI=1S/C19H25NO4/c1-14(15-8-5-4-6-9-15)20-12-16(21)13-24-19-17(22-2)10-7-11-18(19)23-3/h4-11,14,16,20-21H,12-13H2,1-3H3/p+1/t14-,16+/m1/s1. The number of methoxy groups -OCH3 is 2. The van der Waals surface area contributed by atoms with Gasteiger partial charge >= 0.3 is 0 Å². The molecule has 0 unspecified atom stereocenters. The van der Waals surface area contributed by atoms with Gasteiger partial charge in [-0.15, -0.1) is 0 Å². The van der Waals surface area contributed by atoms with E-state index in [-0.39, 0.29) is 12.6 Å². The number of ether oxygens (including phenoxy) is 3. The molecule has 3 N–H and O–H groups in total. The summed E-state index contributed by atoms with van der Waals surface area (Å²) in [7, 11) is 3.15. The first-order valence-corrected chi connectivity index (χ1v) is 8.05. The summed E-state index contributed by atoms with van der Waals surface area (Å²) >= 11 is 0. The zero-order chi connectivity index (χ0) is 17.4. The van der Waals surface area contributed by atoms with Crippen molar-refractivity contribution in [1.82, 2.24) is 0 Å². The second-order valence-electron chi connectivity index (χ2n) is 5.63. The molecule has 5 heteroatoms. The number of aliphatic hydroxyl groups is 1. The summed E-state index contributed by atoms with van der Waals surface area (Å²) in [5, 5.41) is 12.3. The molecule has 0 aromatic heterocycles. The van der Waals surface area contributed by atoms with Crippen LogP contribution in [-0.4, -0.2) is 38.6 Å². The molecule has 130 valence electrons. The quantitative estimate of drug-likeness (QED) is 0.734. The third-order valence-corrected chi connectivity index (χ3v) is 3.89. The van der Waals surface area contributed by atoms with E-state index < -0.39 is 6.10 Å². The second-order valence-corrected chi connectivity index (χ2v) is 5.63. The molecule has 24 heavy (non-hydrogen) atoms. The van der Waals surface area contributed by atoms with Crippen molar-refractivity contribution in [2.75, 3.05) is 27.4 Å². The smallest absolute Gasteiger partial charge is 0.203 e. The van der Waals surface area contributed by atoms with Gasteiger partial charge < -0.3 is 24.6 Å². The van der Waals surface area contributed by atoms with E-state index in [1.165, 1.54) is 5.56 Å². The lowest BCUT2D eigenvalue weighted by molar-refractivity contribution is -0.698. The Bertz CT molecular complexity index is 596. The Morgan fingerprint density at radius 2 is 1.58 bits per heavy atom. The summed E-state index contributed by atoms with van der Waals surface area (Å²) in [6.07, 6.45) is -0.592. The molecule has 0 bridgehead atoms. The van der Waals surface area contributed by atoms with Crippen molar-refractivity contribution < 1.29 is 24.6 Å². The average Bonchev–Trinajstić information content (AvgIpc) is 2.64. The van der Waals surface area contributed by atoms with Gasteiger partial charge in [-0.3, -0.25) is 0 Å². The highest BCUT2D eigenvalue weighted by atomic mass is 16.5. The average molecular weight is 332 g/mol. The van der Waals surface area contributed by atoms with Crippen LogP contribution in [0.4, 0.5) is 0 Å². The molecular weight excluding hydrogens is 306 g/mol. The van der Waals surface area contributed by atoms with Gasteiger partial charge in [0.2, 0.25) is 5.75 Å². The topological polar surface area (TPSA) is 64.5 Å².